The normalized spacial score (nSPS) is 11.1. The van der Waals surface area contributed by atoms with E-state index in [1.807, 2.05) is 18.5 Å². The van der Waals surface area contributed by atoms with Gasteiger partial charge in [0.2, 0.25) is 0 Å². The van der Waals surface area contributed by atoms with Crippen molar-refractivity contribution in [3.05, 3.63) is 34.1 Å². The quantitative estimate of drug-likeness (QED) is 0.761. The first kappa shape index (κ1) is 11.8. The summed E-state index contributed by atoms with van der Waals surface area (Å²) in [5.41, 5.74) is -0.180. The van der Waals surface area contributed by atoms with Gasteiger partial charge in [0.25, 0.3) is 0 Å². The predicted molar refractivity (Wildman–Crippen MR) is 73.5 cm³/mol. The number of aromatic nitrogens is 5. The minimum Gasteiger partial charge on any atom is -0.372 e. The molecule has 7 nitrogen and oxygen atoms in total. The molecule has 98 valence electrons. The van der Waals surface area contributed by atoms with Gasteiger partial charge in [0.15, 0.2) is 5.82 Å². The zero-order valence-corrected chi connectivity index (χ0v) is 11.3. The van der Waals surface area contributed by atoms with E-state index in [0.717, 1.165) is 16.0 Å². The Morgan fingerprint density at radius 1 is 1.42 bits per heavy atom. The maximum Gasteiger partial charge on any atom is 0.345 e. The summed E-state index contributed by atoms with van der Waals surface area (Å²) in [6.07, 6.45) is 1.48. The zero-order valence-electron chi connectivity index (χ0n) is 10.5. The van der Waals surface area contributed by atoms with Gasteiger partial charge in [-0.1, -0.05) is 0 Å². The first-order valence-electron chi connectivity index (χ1n) is 5.69. The van der Waals surface area contributed by atoms with Crippen molar-refractivity contribution < 1.29 is 0 Å². The van der Waals surface area contributed by atoms with Gasteiger partial charge in [-0.15, -0.1) is 11.3 Å². The summed E-state index contributed by atoms with van der Waals surface area (Å²) in [6.45, 7) is 0.266. The molecule has 3 aromatic heterocycles. The molecule has 0 atom stereocenters. The first-order valence-corrected chi connectivity index (χ1v) is 6.57. The Kier molecular flexibility index (Phi) is 2.79. The molecule has 0 saturated carbocycles. The molecule has 19 heavy (non-hydrogen) atoms. The molecular weight excluding hydrogens is 264 g/mol. The molecule has 0 aliphatic carbocycles. The number of anilines is 1. The largest absolute Gasteiger partial charge is 0.372 e. The fourth-order valence-electron chi connectivity index (χ4n) is 1.82. The summed E-state index contributed by atoms with van der Waals surface area (Å²) in [5, 5.41) is 10.0. The zero-order chi connectivity index (χ0) is 13.4. The number of aryl methyl sites for hydroxylation is 1. The second-order valence-electron chi connectivity index (χ2n) is 4.06. The molecule has 0 amide bonds. The highest BCUT2D eigenvalue weighted by molar-refractivity contribution is 7.16. The van der Waals surface area contributed by atoms with Gasteiger partial charge in [0, 0.05) is 14.1 Å². The molecule has 0 aliphatic heterocycles. The van der Waals surface area contributed by atoms with E-state index in [1.54, 1.807) is 18.4 Å². The lowest BCUT2D eigenvalue weighted by Gasteiger charge is -2.04. The van der Waals surface area contributed by atoms with Crippen LogP contribution in [-0.2, 0) is 13.6 Å². The summed E-state index contributed by atoms with van der Waals surface area (Å²) in [5.74, 6) is 1.34. The van der Waals surface area contributed by atoms with Crippen molar-refractivity contribution in [1.29, 1.82) is 0 Å². The van der Waals surface area contributed by atoms with Gasteiger partial charge in [-0.25, -0.2) is 19.4 Å². The van der Waals surface area contributed by atoms with Gasteiger partial charge >= 0.3 is 5.69 Å². The second-order valence-corrected chi connectivity index (χ2v) is 4.95. The average Bonchev–Trinajstić information content (AvgIpc) is 2.99. The number of rotatable bonds is 3. The third-order valence-electron chi connectivity index (χ3n) is 2.79. The number of fused-ring (bicyclic) bond motifs is 1. The maximum atomic E-state index is 11.7. The third kappa shape index (κ3) is 1.99. The van der Waals surface area contributed by atoms with Crippen molar-refractivity contribution in [2.24, 2.45) is 7.05 Å². The topological polar surface area (TPSA) is 77.6 Å². The average molecular weight is 276 g/mol. The van der Waals surface area contributed by atoms with E-state index in [2.05, 4.69) is 20.4 Å². The highest BCUT2D eigenvalue weighted by Crippen LogP contribution is 2.24. The van der Waals surface area contributed by atoms with Gasteiger partial charge < -0.3 is 5.32 Å². The van der Waals surface area contributed by atoms with E-state index >= 15 is 0 Å². The van der Waals surface area contributed by atoms with Gasteiger partial charge in [-0.3, -0.25) is 4.57 Å². The Morgan fingerprint density at radius 3 is 2.95 bits per heavy atom. The number of hydrogen-bond donors (Lipinski definition) is 1. The first-order chi connectivity index (χ1) is 9.19. The Hall–Kier alpha value is -2.22. The van der Waals surface area contributed by atoms with Crippen LogP contribution in [0.2, 0.25) is 0 Å². The van der Waals surface area contributed by atoms with Crippen LogP contribution in [0.5, 0.6) is 0 Å². The van der Waals surface area contributed by atoms with Crippen LogP contribution in [0.1, 0.15) is 5.82 Å². The van der Waals surface area contributed by atoms with Crippen molar-refractivity contribution >= 4 is 27.4 Å². The fraction of sp³-hybridized carbons (Fsp3) is 0.273. The van der Waals surface area contributed by atoms with Gasteiger partial charge in [-0.05, 0) is 11.4 Å². The van der Waals surface area contributed by atoms with Crippen LogP contribution in [0.25, 0.3) is 10.2 Å². The van der Waals surface area contributed by atoms with E-state index in [-0.39, 0.29) is 12.2 Å². The van der Waals surface area contributed by atoms with E-state index in [4.69, 9.17) is 0 Å². The predicted octanol–water partition coefficient (Wildman–Crippen LogP) is 0.676. The monoisotopic (exact) mass is 276 g/mol. The highest BCUT2D eigenvalue weighted by Gasteiger charge is 2.10. The van der Waals surface area contributed by atoms with E-state index in [9.17, 15) is 4.79 Å². The number of nitrogens with one attached hydrogen (secondary N) is 1. The standard InChI is InChI=1S/C11H12N6OS/c1-12-9-7-3-4-19-10(7)15-8(14-9)5-17-11(18)16(2)6-13-17/h3-4,6H,5H2,1-2H3,(H,12,14,15). The highest BCUT2D eigenvalue weighted by atomic mass is 32.1. The lowest BCUT2D eigenvalue weighted by Crippen LogP contribution is -2.24. The van der Waals surface area contributed by atoms with E-state index < -0.39 is 0 Å². The maximum absolute atomic E-state index is 11.7. The van der Waals surface area contributed by atoms with Gasteiger partial charge in [-0.2, -0.15) is 5.10 Å². The SMILES string of the molecule is CNc1nc(Cn2ncn(C)c2=O)nc2sccc12. The summed E-state index contributed by atoms with van der Waals surface area (Å²) in [7, 11) is 3.48. The number of nitrogens with zero attached hydrogens (tertiary/aromatic N) is 5. The second kappa shape index (κ2) is 4.47. The van der Waals surface area contributed by atoms with Crippen LogP contribution >= 0.6 is 11.3 Å². The molecule has 0 radical (unpaired) electrons. The Balaban J connectivity index is 2.05. The minimum atomic E-state index is -0.180. The molecule has 3 heterocycles. The lowest BCUT2D eigenvalue weighted by molar-refractivity contribution is 0.624. The van der Waals surface area contributed by atoms with Crippen molar-refractivity contribution in [1.82, 2.24) is 24.3 Å². The fourth-order valence-corrected chi connectivity index (χ4v) is 2.61. The summed E-state index contributed by atoms with van der Waals surface area (Å²) < 4.78 is 2.76. The van der Waals surface area contributed by atoms with E-state index in [0.29, 0.717) is 5.82 Å². The summed E-state index contributed by atoms with van der Waals surface area (Å²) >= 11 is 1.55. The smallest absolute Gasteiger partial charge is 0.345 e. The molecule has 3 rings (SSSR count). The molecular formula is C11H12N6OS. The van der Waals surface area contributed by atoms with Crippen LogP contribution in [0, 0.1) is 0 Å². The number of thiophene rings is 1. The summed E-state index contributed by atoms with van der Waals surface area (Å²) in [6, 6.07) is 1.97. The molecule has 0 fully saturated rings. The van der Waals surface area contributed by atoms with Gasteiger partial charge in [0.1, 0.15) is 23.5 Å². The molecule has 0 aromatic carbocycles. The Bertz CT molecular complexity index is 786. The molecule has 0 saturated heterocycles. The molecule has 8 heteroatoms. The van der Waals surface area contributed by atoms with Crippen LogP contribution in [0.3, 0.4) is 0 Å². The molecule has 0 unspecified atom stereocenters. The van der Waals surface area contributed by atoms with Crippen LogP contribution < -0.4 is 11.0 Å². The molecule has 3 aromatic rings. The molecule has 0 spiro atoms. The Labute approximate surface area is 112 Å². The van der Waals surface area contributed by atoms with Crippen molar-refractivity contribution in [3.8, 4) is 0 Å². The van der Waals surface area contributed by atoms with Crippen LogP contribution in [-0.4, -0.2) is 31.4 Å². The van der Waals surface area contributed by atoms with Gasteiger partial charge in [0.05, 0.1) is 5.39 Å². The lowest BCUT2D eigenvalue weighted by atomic mass is 10.3. The molecule has 0 bridgehead atoms. The third-order valence-corrected chi connectivity index (χ3v) is 3.59. The van der Waals surface area contributed by atoms with Crippen molar-refractivity contribution in [2.45, 2.75) is 6.54 Å². The minimum absolute atomic E-state index is 0.180. The molecule has 1 N–H and O–H groups in total. The van der Waals surface area contributed by atoms with Crippen molar-refractivity contribution in [3.63, 3.8) is 0 Å². The number of hydrogen-bond acceptors (Lipinski definition) is 6. The van der Waals surface area contributed by atoms with Crippen LogP contribution in [0.4, 0.5) is 5.82 Å². The van der Waals surface area contributed by atoms with Crippen LogP contribution in [0.15, 0.2) is 22.6 Å². The van der Waals surface area contributed by atoms with E-state index in [1.165, 1.54) is 15.6 Å². The Morgan fingerprint density at radius 2 is 2.26 bits per heavy atom. The molecule has 0 aliphatic rings. The summed E-state index contributed by atoms with van der Waals surface area (Å²) in [4.78, 5) is 21.5. The van der Waals surface area contributed by atoms with Crippen molar-refractivity contribution in [2.75, 3.05) is 12.4 Å².